The molecule has 6 nitrogen and oxygen atoms in total. The Kier molecular flexibility index (Phi) is 4.85. The molecular formula is C22H20N4O2. The molecule has 0 radical (unpaired) electrons. The number of pyridine rings is 2. The highest BCUT2D eigenvalue weighted by atomic mass is 16.2. The maximum atomic E-state index is 13.0. The van der Waals surface area contributed by atoms with E-state index in [0.29, 0.717) is 17.8 Å². The molecule has 6 heteroatoms. The number of carbonyl (C=O) groups is 2. The van der Waals surface area contributed by atoms with Crippen LogP contribution in [0, 0.1) is 6.92 Å². The first-order valence-electron chi connectivity index (χ1n) is 9.15. The van der Waals surface area contributed by atoms with Gasteiger partial charge in [-0.1, -0.05) is 23.8 Å². The normalized spacial score (nSPS) is 15.4. The Morgan fingerprint density at radius 3 is 2.57 bits per heavy atom. The average Bonchev–Trinajstić information content (AvgIpc) is 3.00. The van der Waals surface area contributed by atoms with Crippen LogP contribution in [0.15, 0.2) is 67.0 Å². The fourth-order valence-electron chi connectivity index (χ4n) is 3.39. The van der Waals surface area contributed by atoms with Crippen LogP contribution in [0.5, 0.6) is 0 Å². The number of aromatic nitrogens is 2. The SMILES string of the molecule is Cc1ccc(N2C(=O)c3cccnc3[C@H]2CC(=O)NCc2ccccn2)cc1. The predicted molar refractivity (Wildman–Crippen MR) is 106 cm³/mol. The van der Waals surface area contributed by atoms with Crippen molar-refractivity contribution in [3.8, 4) is 0 Å². The van der Waals surface area contributed by atoms with Gasteiger partial charge in [-0.05, 0) is 43.3 Å². The fourth-order valence-corrected chi connectivity index (χ4v) is 3.39. The number of anilines is 1. The van der Waals surface area contributed by atoms with Gasteiger partial charge in [-0.3, -0.25) is 24.5 Å². The van der Waals surface area contributed by atoms with Crippen LogP contribution in [0.4, 0.5) is 5.69 Å². The molecule has 0 saturated heterocycles. The van der Waals surface area contributed by atoms with Crippen LogP contribution in [0.25, 0.3) is 0 Å². The molecule has 1 N–H and O–H groups in total. The van der Waals surface area contributed by atoms with E-state index < -0.39 is 6.04 Å². The lowest BCUT2D eigenvalue weighted by atomic mass is 10.1. The molecule has 0 fully saturated rings. The molecule has 0 bridgehead atoms. The smallest absolute Gasteiger partial charge is 0.260 e. The van der Waals surface area contributed by atoms with Crippen LogP contribution < -0.4 is 10.2 Å². The van der Waals surface area contributed by atoms with Gasteiger partial charge in [0.25, 0.3) is 5.91 Å². The minimum Gasteiger partial charge on any atom is -0.350 e. The van der Waals surface area contributed by atoms with Crippen molar-refractivity contribution in [2.75, 3.05) is 4.90 Å². The summed E-state index contributed by atoms with van der Waals surface area (Å²) in [5.74, 6) is -0.284. The van der Waals surface area contributed by atoms with Gasteiger partial charge in [0, 0.05) is 18.1 Å². The number of carbonyl (C=O) groups excluding carboxylic acids is 2. The van der Waals surface area contributed by atoms with Gasteiger partial charge in [-0.15, -0.1) is 0 Å². The summed E-state index contributed by atoms with van der Waals surface area (Å²) in [5.41, 5.74) is 3.84. The Morgan fingerprint density at radius 1 is 1.04 bits per heavy atom. The van der Waals surface area contributed by atoms with Crippen LogP contribution in [-0.2, 0) is 11.3 Å². The second-order valence-corrected chi connectivity index (χ2v) is 6.76. The molecule has 3 heterocycles. The number of rotatable bonds is 5. The van der Waals surface area contributed by atoms with E-state index >= 15 is 0 Å². The number of aryl methyl sites for hydroxylation is 1. The molecule has 3 aromatic rings. The number of hydrogen-bond donors (Lipinski definition) is 1. The summed E-state index contributed by atoms with van der Waals surface area (Å²) in [6.07, 6.45) is 3.48. The van der Waals surface area contributed by atoms with E-state index in [9.17, 15) is 9.59 Å². The highest BCUT2D eigenvalue weighted by Crippen LogP contribution is 2.38. The lowest BCUT2D eigenvalue weighted by Gasteiger charge is -2.24. The second kappa shape index (κ2) is 7.60. The van der Waals surface area contributed by atoms with Gasteiger partial charge in [0.05, 0.1) is 36.0 Å². The zero-order chi connectivity index (χ0) is 19.5. The maximum absolute atomic E-state index is 13.0. The number of hydrogen-bond acceptors (Lipinski definition) is 4. The van der Waals surface area contributed by atoms with Crippen LogP contribution in [0.2, 0.25) is 0 Å². The summed E-state index contributed by atoms with van der Waals surface area (Å²) < 4.78 is 0. The topological polar surface area (TPSA) is 75.2 Å². The van der Waals surface area contributed by atoms with Gasteiger partial charge in [0.2, 0.25) is 5.91 Å². The Bertz CT molecular complexity index is 1000. The molecule has 28 heavy (non-hydrogen) atoms. The van der Waals surface area contributed by atoms with E-state index in [1.165, 1.54) is 0 Å². The predicted octanol–water partition coefficient (Wildman–Crippen LogP) is 3.19. The van der Waals surface area contributed by atoms with Crippen LogP contribution in [0.1, 0.15) is 39.8 Å². The van der Waals surface area contributed by atoms with Crippen molar-refractivity contribution in [1.29, 1.82) is 0 Å². The van der Waals surface area contributed by atoms with Crippen molar-refractivity contribution in [2.24, 2.45) is 0 Å². The Morgan fingerprint density at radius 2 is 1.82 bits per heavy atom. The molecule has 1 atom stereocenters. The molecule has 1 aliphatic rings. The monoisotopic (exact) mass is 372 g/mol. The van der Waals surface area contributed by atoms with E-state index in [-0.39, 0.29) is 18.2 Å². The average molecular weight is 372 g/mol. The number of amides is 2. The van der Waals surface area contributed by atoms with E-state index in [1.54, 1.807) is 29.4 Å². The van der Waals surface area contributed by atoms with E-state index in [2.05, 4.69) is 15.3 Å². The van der Waals surface area contributed by atoms with Gasteiger partial charge in [0.15, 0.2) is 0 Å². The minimum absolute atomic E-state index is 0.130. The zero-order valence-corrected chi connectivity index (χ0v) is 15.5. The third-order valence-corrected chi connectivity index (χ3v) is 4.80. The van der Waals surface area contributed by atoms with E-state index in [0.717, 1.165) is 16.9 Å². The first-order chi connectivity index (χ1) is 13.6. The van der Waals surface area contributed by atoms with Crippen LogP contribution in [-0.4, -0.2) is 21.8 Å². The quantitative estimate of drug-likeness (QED) is 0.746. The molecule has 4 rings (SSSR count). The molecular weight excluding hydrogens is 352 g/mol. The fraction of sp³-hybridized carbons (Fsp3) is 0.182. The molecule has 2 aromatic heterocycles. The third kappa shape index (κ3) is 3.49. The highest BCUT2D eigenvalue weighted by Gasteiger charge is 2.39. The maximum Gasteiger partial charge on any atom is 0.260 e. The second-order valence-electron chi connectivity index (χ2n) is 6.76. The minimum atomic E-state index is -0.435. The largest absolute Gasteiger partial charge is 0.350 e. The van der Waals surface area contributed by atoms with Crippen molar-refractivity contribution in [1.82, 2.24) is 15.3 Å². The first kappa shape index (κ1) is 17.9. The first-order valence-corrected chi connectivity index (χ1v) is 9.15. The zero-order valence-electron chi connectivity index (χ0n) is 15.5. The summed E-state index contributed by atoms with van der Waals surface area (Å²) in [6, 6.07) is 16.3. The summed E-state index contributed by atoms with van der Waals surface area (Å²) >= 11 is 0. The molecule has 0 saturated carbocycles. The Balaban J connectivity index is 1.57. The van der Waals surface area contributed by atoms with E-state index in [1.807, 2.05) is 49.4 Å². The van der Waals surface area contributed by atoms with Crippen molar-refractivity contribution < 1.29 is 9.59 Å². The number of nitrogens with zero attached hydrogens (tertiary/aromatic N) is 3. The molecule has 1 aromatic carbocycles. The molecule has 0 unspecified atom stereocenters. The van der Waals surface area contributed by atoms with Gasteiger partial charge < -0.3 is 5.32 Å². The van der Waals surface area contributed by atoms with Crippen molar-refractivity contribution in [2.45, 2.75) is 25.9 Å². The lowest BCUT2D eigenvalue weighted by molar-refractivity contribution is -0.121. The van der Waals surface area contributed by atoms with Crippen molar-refractivity contribution in [3.05, 3.63) is 89.5 Å². The Labute approximate surface area is 163 Å². The standard InChI is InChI=1S/C22H20N4O2/c1-15-7-9-17(10-8-15)26-19(21-18(22(26)28)6-4-12-24-21)13-20(27)25-14-16-5-2-3-11-23-16/h2-12,19H,13-14H2,1H3,(H,25,27)/t19-/m1/s1. The van der Waals surface area contributed by atoms with Crippen molar-refractivity contribution >= 4 is 17.5 Å². The highest BCUT2D eigenvalue weighted by molar-refractivity contribution is 6.11. The Hall–Kier alpha value is -3.54. The summed E-state index contributed by atoms with van der Waals surface area (Å²) in [6.45, 7) is 2.34. The molecule has 140 valence electrons. The van der Waals surface area contributed by atoms with Crippen LogP contribution >= 0.6 is 0 Å². The van der Waals surface area contributed by atoms with Crippen molar-refractivity contribution in [3.63, 3.8) is 0 Å². The van der Waals surface area contributed by atoms with Crippen LogP contribution in [0.3, 0.4) is 0 Å². The summed E-state index contributed by atoms with van der Waals surface area (Å²) in [4.78, 5) is 35.9. The molecule has 1 aliphatic heterocycles. The number of nitrogens with one attached hydrogen (secondary N) is 1. The van der Waals surface area contributed by atoms with Gasteiger partial charge in [0.1, 0.15) is 0 Å². The lowest BCUT2D eigenvalue weighted by Crippen LogP contribution is -2.33. The molecule has 0 aliphatic carbocycles. The summed E-state index contributed by atoms with van der Waals surface area (Å²) in [7, 11) is 0. The van der Waals surface area contributed by atoms with Gasteiger partial charge in [-0.2, -0.15) is 0 Å². The van der Waals surface area contributed by atoms with Gasteiger partial charge in [-0.25, -0.2) is 0 Å². The molecule has 2 amide bonds. The van der Waals surface area contributed by atoms with Gasteiger partial charge >= 0.3 is 0 Å². The summed E-state index contributed by atoms with van der Waals surface area (Å²) in [5, 5.41) is 2.89. The number of fused-ring (bicyclic) bond motifs is 1. The number of benzene rings is 1. The third-order valence-electron chi connectivity index (χ3n) is 4.80. The molecule has 0 spiro atoms. The van der Waals surface area contributed by atoms with E-state index in [4.69, 9.17) is 0 Å².